The van der Waals surface area contributed by atoms with Gasteiger partial charge in [-0.25, -0.2) is 0 Å². The van der Waals surface area contributed by atoms with E-state index in [2.05, 4.69) is 0 Å². The third kappa shape index (κ3) is 3.08. The van der Waals surface area contributed by atoms with Gasteiger partial charge in [0.1, 0.15) is 0 Å². The maximum absolute atomic E-state index is 12.2. The standard InChI is InChI=1S/C13H16N2O4/c1-13(17)5-7-14(8-6-13)12(16)10-3-2-4-11(9-10)15(18)19/h2-4,9,17H,5-8H2,1H3. The number of nitrogens with zero attached hydrogens (tertiary/aromatic N) is 2. The molecule has 0 atom stereocenters. The lowest BCUT2D eigenvalue weighted by atomic mass is 9.93. The molecule has 0 unspecified atom stereocenters. The molecule has 0 radical (unpaired) electrons. The Labute approximate surface area is 110 Å². The molecule has 19 heavy (non-hydrogen) atoms. The average molecular weight is 264 g/mol. The molecule has 1 aromatic rings. The van der Waals surface area contributed by atoms with Gasteiger partial charge in [0, 0.05) is 30.8 Å². The van der Waals surface area contributed by atoms with Crippen molar-refractivity contribution in [2.75, 3.05) is 13.1 Å². The first-order valence-electron chi connectivity index (χ1n) is 6.15. The number of nitro benzene ring substituents is 1. The normalized spacial score (nSPS) is 18.1. The summed E-state index contributed by atoms with van der Waals surface area (Å²) in [4.78, 5) is 24.0. The van der Waals surface area contributed by atoms with E-state index in [4.69, 9.17) is 0 Å². The van der Waals surface area contributed by atoms with E-state index in [1.807, 2.05) is 0 Å². The van der Waals surface area contributed by atoms with Gasteiger partial charge in [-0.1, -0.05) is 6.07 Å². The van der Waals surface area contributed by atoms with Crippen LogP contribution in [0.3, 0.4) is 0 Å². The van der Waals surface area contributed by atoms with Crippen LogP contribution in [0.15, 0.2) is 24.3 Å². The van der Waals surface area contributed by atoms with Gasteiger partial charge in [-0.3, -0.25) is 14.9 Å². The van der Waals surface area contributed by atoms with Crippen LogP contribution in [0.5, 0.6) is 0 Å². The molecule has 0 saturated carbocycles. The highest BCUT2D eigenvalue weighted by atomic mass is 16.6. The Morgan fingerprint density at radius 2 is 2.05 bits per heavy atom. The fraction of sp³-hybridized carbons (Fsp3) is 0.462. The highest BCUT2D eigenvalue weighted by molar-refractivity contribution is 5.94. The van der Waals surface area contributed by atoms with Gasteiger partial charge in [-0.05, 0) is 25.8 Å². The van der Waals surface area contributed by atoms with Gasteiger partial charge in [0.25, 0.3) is 11.6 Å². The summed E-state index contributed by atoms with van der Waals surface area (Å²) < 4.78 is 0. The van der Waals surface area contributed by atoms with Gasteiger partial charge in [-0.2, -0.15) is 0 Å². The quantitative estimate of drug-likeness (QED) is 0.649. The van der Waals surface area contributed by atoms with E-state index in [9.17, 15) is 20.0 Å². The van der Waals surface area contributed by atoms with Crippen LogP contribution < -0.4 is 0 Å². The van der Waals surface area contributed by atoms with Crippen molar-refractivity contribution in [3.8, 4) is 0 Å². The minimum atomic E-state index is -0.723. The van der Waals surface area contributed by atoms with Crippen molar-refractivity contribution in [3.63, 3.8) is 0 Å². The summed E-state index contributed by atoms with van der Waals surface area (Å²) in [7, 11) is 0. The molecule has 0 bridgehead atoms. The Morgan fingerprint density at radius 3 is 2.63 bits per heavy atom. The molecule has 1 aliphatic heterocycles. The first-order chi connectivity index (χ1) is 8.89. The molecule has 1 N–H and O–H groups in total. The van der Waals surface area contributed by atoms with Crippen molar-refractivity contribution in [2.45, 2.75) is 25.4 Å². The molecule has 1 saturated heterocycles. The second kappa shape index (κ2) is 4.97. The van der Waals surface area contributed by atoms with Crippen molar-refractivity contribution >= 4 is 11.6 Å². The first kappa shape index (κ1) is 13.5. The number of hydrogen-bond donors (Lipinski definition) is 1. The third-order valence-electron chi connectivity index (χ3n) is 3.43. The maximum Gasteiger partial charge on any atom is 0.270 e. The molecule has 6 nitrogen and oxygen atoms in total. The Bertz CT molecular complexity index is 503. The lowest BCUT2D eigenvalue weighted by Gasteiger charge is -2.35. The van der Waals surface area contributed by atoms with Crippen LogP contribution >= 0.6 is 0 Å². The van der Waals surface area contributed by atoms with E-state index in [0.29, 0.717) is 31.5 Å². The Hall–Kier alpha value is -1.95. The van der Waals surface area contributed by atoms with Gasteiger partial charge in [0.2, 0.25) is 0 Å². The van der Waals surface area contributed by atoms with Crippen LogP contribution in [0.25, 0.3) is 0 Å². The number of nitro groups is 1. The lowest BCUT2D eigenvalue weighted by Crippen LogP contribution is -2.45. The van der Waals surface area contributed by atoms with E-state index in [0.717, 1.165) is 0 Å². The Balaban J connectivity index is 2.12. The van der Waals surface area contributed by atoms with E-state index in [-0.39, 0.29) is 11.6 Å². The summed E-state index contributed by atoms with van der Waals surface area (Å²) in [5.41, 5.74) is -0.495. The summed E-state index contributed by atoms with van der Waals surface area (Å²) in [6, 6.07) is 5.72. The number of carbonyl (C=O) groups is 1. The zero-order chi connectivity index (χ0) is 14.0. The molecule has 0 spiro atoms. The molecule has 0 aliphatic carbocycles. The van der Waals surface area contributed by atoms with Crippen LogP contribution in [0, 0.1) is 10.1 Å². The Kier molecular flexibility index (Phi) is 3.53. The number of aliphatic hydroxyl groups is 1. The van der Waals surface area contributed by atoms with Gasteiger partial charge in [-0.15, -0.1) is 0 Å². The minimum Gasteiger partial charge on any atom is -0.390 e. The van der Waals surface area contributed by atoms with Crippen LogP contribution in [-0.2, 0) is 0 Å². The predicted molar refractivity (Wildman–Crippen MR) is 68.9 cm³/mol. The van der Waals surface area contributed by atoms with Gasteiger partial charge < -0.3 is 10.0 Å². The fourth-order valence-corrected chi connectivity index (χ4v) is 2.13. The van der Waals surface area contributed by atoms with Gasteiger partial charge in [0.15, 0.2) is 0 Å². The smallest absolute Gasteiger partial charge is 0.270 e. The molecule has 0 aromatic heterocycles. The highest BCUT2D eigenvalue weighted by Gasteiger charge is 2.30. The zero-order valence-electron chi connectivity index (χ0n) is 10.7. The van der Waals surface area contributed by atoms with Crippen molar-refractivity contribution in [1.29, 1.82) is 0 Å². The van der Waals surface area contributed by atoms with Crippen LogP contribution in [0.4, 0.5) is 5.69 Å². The van der Waals surface area contributed by atoms with Gasteiger partial charge in [0.05, 0.1) is 10.5 Å². The van der Waals surface area contributed by atoms with Crippen molar-refractivity contribution in [2.24, 2.45) is 0 Å². The molecular formula is C13H16N2O4. The number of hydrogen-bond acceptors (Lipinski definition) is 4. The van der Waals surface area contributed by atoms with Crippen LogP contribution in [0.2, 0.25) is 0 Å². The number of likely N-dealkylation sites (tertiary alicyclic amines) is 1. The number of non-ortho nitro benzene ring substituents is 1. The van der Waals surface area contributed by atoms with E-state index in [1.54, 1.807) is 17.9 Å². The molecule has 1 aliphatic rings. The van der Waals surface area contributed by atoms with Crippen molar-refractivity contribution < 1.29 is 14.8 Å². The molecule has 1 fully saturated rings. The molecule has 6 heteroatoms. The summed E-state index contributed by atoms with van der Waals surface area (Å²) in [5.74, 6) is -0.223. The van der Waals surface area contributed by atoms with Crippen molar-refractivity contribution in [1.82, 2.24) is 4.90 Å². The minimum absolute atomic E-state index is 0.0881. The third-order valence-corrected chi connectivity index (χ3v) is 3.43. The number of benzene rings is 1. The topological polar surface area (TPSA) is 83.7 Å². The largest absolute Gasteiger partial charge is 0.390 e. The first-order valence-corrected chi connectivity index (χ1v) is 6.15. The zero-order valence-corrected chi connectivity index (χ0v) is 10.7. The maximum atomic E-state index is 12.2. The molecular weight excluding hydrogens is 248 g/mol. The van der Waals surface area contributed by atoms with Gasteiger partial charge >= 0.3 is 0 Å². The highest BCUT2D eigenvalue weighted by Crippen LogP contribution is 2.23. The molecule has 1 heterocycles. The van der Waals surface area contributed by atoms with E-state index in [1.165, 1.54) is 18.2 Å². The summed E-state index contributed by atoms with van der Waals surface area (Å²) in [5, 5.41) is 20.5. The fourth-order valence-electron chi connectivity index (χ4n) is 2.13. The number of piperidine rings is 1. The number of rotatable bonds is 2. The summed E-state index contributed by atoms with van der Waals surface area (Å²) in [6.07, 6.45) is 1.04. The van der Waals surface area contributed by atoms with E-state index >= 15 is 0 Å². The molecule has 102 valence electrons. The monoisotopic (exact) mass is 264 g/mol. The predicted octanol–water partition coefficient (Wildman–Crippen LogP) is 1.58. The molecule has 2 rings (SSSR count). The average Bonchev–Trinajstić information content (AvgIpc) is 2.38. The number of carbonyl (C=O) groups excluding carboxylic acids is 1. The number of amides is 1. The molecule has 1 aromatic carbocycles. The second-order valence-corrected chi connectivity index (χ2v) is 5.10. The Morgan fingerprint density at radius 1 is 1.42 bits per heavy atom. The van der Waals surface area contributed by atoms with Crippen LogP contribution in [-0.4, -0.2) is 39.5 Å². The summed E-state index contributed by atoms with van der Waals surface area (Å²) in [6.45, 7) is 2.69. The lowest BCUT2D eigenvalue weighted by molar-refractivity contribution is -0.384. The molecule has 1 amide bonds. The van der Waals surface area contributed by atoms with Crippen LogP contribution in [0.1, 0.15) is 30.1 Å². The van der Waals surface area contributed by atoms with Crippen molar-refractivity contribution in [3.05, 3.63) is 39.9 Å². The van der Waals surface area contributed by atoms with E-state index < -0.39 is 10.5 Å². The summed E-state index contributed by atoms with van der Waals surface area (Å²) >= 11 is 0. The SMILES string of the molecule is CC1(O)CCN(C(=O)c2cccc([N+](=O)[O-])c2)CC1. The second-order valence-electron chi connectivity index (χ2n) is 5.10.